The van der Waals surface area contributed by atoms with E-state index in [4.69, 9.17) is 4.42 Å². The molecule has 1 aliphatic rings. The van der Waals surface area contributed by atoms with Gasteiger partial charge < -0.3 is 9.73 Å². The van der Waals surface area contributed by atoms with Crippen LogP contribution in [0.25, 0.3) is 0 Å². The maximum absolute atomic E-state index is 5.38. The van der Waals surface area contributed by atoms with Crippen molar-refractivity contribution in [3.63, 3.8) is 0 Å². The van der Waals surface area contributed by atoms with Crippen molar-refractivity contribution in [2.45, 2.75) is 45.7 Å². The Labute approximate surface area is 85.7 Å². The minimum absolute atomic E-state index is 0.633. The van der Waals surface area contributed by atoms with Crippen LogP contribution >= 0.6 is 0 Å². The molecule has 0 amide bonds. The molecule has 2 nitrogen and oxygen atoms in total. The topological polar surface area (TPSA) is 25.2 Å². The third-order valence-electron chi connectivity index (χ3n) is 3.41. The van der Waals surface area contributed by atoms with Crippen molar-refractivity contribution < 1.29 is 4.42 Å². The van der Waals surface area contributed by atoms with Gasteiger partial charge in [0.15, 0.2) is 0 Å². The number of hydrogen-bond acceptors (Lipinski definition) is 2. The molecule has 14 heavy (non-hydrogen) atoms. The zero-order chi connectivity index (χ0) is 9.97. The van der Waals surface area contributed by atoms with Crippen molar-refractivity contribution in [3.05, 3.63) is 23.7 Å². The summed E-state index contributed by atoms with van der Waals surface area (Å²) in [5.41, 5.74) is 1.25. The van der Waals surface area contributed by atoms with E-state index in [9.17, 15) is 0 Å². The molecule has 1 saturated carbocycles. The number of hydrogen-bond donors (Lipinski definition) is 1. The van der Waals surface area contributed by atoms with Gasteiger partial charge in [0.05, 0.1) is 12.8 Å². The van der Waals surface area contributed by atoms with Crippen LogP contribution < -0.4 is 5.32 Å². The molecule has 0 saturated heterocycles. The highest BCUT2D eigenvalue weighted by Crippen LogP contribution is 2.29. The van der Waals surface area contributed by atoms with E-state index in [0.717, 1.165) is 18.2 Å². The van der Waals surface area contributed by atoms with Crippen LogP contribution in [0.5, 0.6) is 0 Å². The lowest BCUT2D eigenvalue weighted by Crippen LogP contribution is -2.36. The summed E-state index contributed by atoms with van der Waals surface area (Å²) in [4.78, 5) is 0. The molecule has 1 atom stereocenters. The fourth-order valence-electron chi connectivity index (χ4n) is 1.95. The smallest absolute Gasteiger partial charge is 0.120 e. The lowest BCUT2D eigenvalue weighted by Gasteiger charge is -2.31. The van der Waals surface area contributed by atoms with Crippen molar-refractivity contribution >= 4 is 0 Å². The van der Waals surface area contributed by atoms with E-state index < -0.39 is 0 Å². The first-order chi connectivity index (χ1) is 6.77. The van der Waals surface area contributed by atoms with Gasteiger partial charge in [-0.1, -0.05) is 6.42 Å². The lowest BCUT2D eigenvalue weighted by atomic mass is 9.80. The van der Waals surface area contributed by atoms with Crippen LogP contribution in [0.1, 0.15) is 37.5 Å². The molecule has 1 fully saturated rings. The Morgan fingerprint density at radius 2 is 2.36 bits per heavy atom. The first kappa shape index (κ1) is 9.78. The third-order valence-corrected chi connectivity index (χ3v) is 3.41. The Bertz CT molecular complexity index is 288. The second kappa shape index (κ2) is 4.18. The highest BCUT2D eigenvalue weighted by molar-refractivity contribution is 5.14. The highest BCUT2D eigenvalue weighted by Gasteiger charge is 2.23. The molecule has 1 aliphatic carbocycles. The van der Waals surface area contributed by atoms with Gasteiger partial charge in [-0.2, -0.15) is 0 Å². The summed E-state index contributed by atoms with van der Waals surface area (Å²) in [6.07, 6.45) is 5.97. The predicted molar refractivity (Wildman–Crippen MR) is 57.1 cm³/mol. The van der Waals surface area contributed by atoms with Crippen molar-refractivity contribution in [2.24, 2.45) is 5.92 Å². The normalized spacial score (nSPS) is 19.3. The number of nitrogens with one attached hydrogen (secondary N) is 1. The summed E-state index contributed by atoms with van der Waals surface area (Å²) in [5.74, 6) is 1.97. The van der Waals surface area contributed by atoms with Crippen LogP contribution in [0.4, 0.5) is 0 Å². The summed E-state index contributed by atoms with van der Waals surface area (Å²) in [7, 11) is 0. The maximum Gasteiger partial charge on any atom is 0.120 e. The molecule has 2 heteroatoms. The van der Waals surface area contributed by atoms with Gasteiger partial charge in [-0.3, -0.25) is 0 Å². The molecule has 1 heterocycles. The van der Waals surface area contributed by atoms with E-state index in [1.807, 2.05) is 6.07 Å². The van der Waals surface area contributed by atoms with Gasteiger partial charge in [0.1, 0.15) is 5.76 Å². The van der Waals surface area contributed by atoms with Crippen LogP contribution in [0.2, 0.25) is 0 Å². The van der Waals surface area contributed by atoms with Gasteiger partial charge in [0.25, 0.3) is 0 Å². The summed E-state index contributed by atoms with van der Waals surface area (Å²) in [5, 5.41) is 3.53. The number of rotatable bonds is 4. The average molecular weight is 193 g/mol. The zero-order valence-electron chi connectivity index (χ0n) is 9.05. The second-order valence-corrected chi connectivity index (χ2v) is 4.39. The zero-order valence-corrected chi connectivity index (χ0v) is 9.05. The molecule has 0 bridgehead atoms. The molecule has 1 aromatic heterocycles. The Morgan fingerprint density at radius 3 is 2.86 bits per heavy atom. The van der Waals surface area contributed by atoms with Crippen molar-refractivity contribution in [1.82, 2.24) is 5.32 Å². The van der Waals surface area contributed by atoms with Crippen molar-refractivity contribution in [3.8, 4) is 0 Å². The standard InChI is InChI=1S/C12H19NO/c1-9-6-7-14-12(9)8-13-10(2)11-4-3-5-11/h6-7,10-11,13H,3-5,8H2,1-2H3. The molecular formula is C12H19NO. The Morgan fingerprint density at radius 1 is 1.57 bits per heavy atom. The van der Waals surface area contributed by atoms with Crippen LogP contribution in [0.15, 0.2) is 16.7 Å². The first-order valence-electron chi connectivity index (χ1n) is 5.53. The highest BCUT2D eigenvalue weighted by atomic mass is 16.3. The van der Waals surface area contributed by atoms with Gasteiger partial charge >= 0.3 is 0 Å². The molecule has 0 spiro atoms. The first-order valence-corrected chi connectivity index (χ1v) is 5.53. The molecule has 0 radical (unpaired) electrons. The summed E-state index contributed by atoms with van der Waals surface area (Å²) >= 11 is 0. The predicted octanol–water partition coefficient (Wildman–Crippen LogP) is 2.87. The molecule has 78 valence electrons. The molecule has 0 aromatic carbocycles. The number of furan rings is 1. The van der Waals surface area contributed by atoms with Gasteiger partial charge in [0, 0.05) is 6.04 Å². The van der Waals surface area contributed by atoms with E-state index in [1.165, 1.54) is 24.8 Å². The van der Waals surface area contributed by atoms with Crippen molar-refractivity contribution in [1.29, 1.82) is 0 Å². The van der Waals surface area contributed by atoms with Gasteiger partial charge in [0.2, 0.25) is 0 Å². The largest absolute Gasteiger partial charge is 0.468 e. The maximum atomic E-state index is 5.38. The van der Waals surface area contributed by atoms with Crippen LogP contribution in [-0.4, -0.2) is 6.04 Å². The third kappa shape index (κ3) is 2.01. The second-order valence-electron chi connectivity index (χ2n) is 4.39. The van der Waals surface area contributed by atoms with Gasteiger partial charge in [-0.15, -0.1) is 0 Å². The fourth-order valence-corrected chi connectivity index (χ4v) is 1.95. The lowest BCUT2D eigenvalue weighted by molar-refractivity contribution is 0.236. The minimum Gasteiger partial charge on any atom is -0.468 e. The van der Waals surface area contributed by atoms with Crippen LogP contribution in [-0.2, 0) is 6.54 Å². The van der Waals surface area contributed by atoms with E-state index in [0.29, 0.717) is 6.04 Å². The van der Waals surface area contributed by atoms with E-state index >= 15 is 0 Å². The summed E-state index contributed by atoms with van der Waals surface area (Å²) < 4.78 is 5.38. The Kier molecular flexibility index (Phi) is 2.92. The van der Waals surface area contributed by atoms with Crippen molar-refractivity contribution in [2.75, 3.05) is 0 Å². The number of aryl methyl sites for hydroxylation is 1. The average Bonchev–Trinajstić information content (AvgIpc) is 2.44. The van der Waals surface area contributed by atoms with E-state index in [1.54, 1.807) is 6.26 Å². The van der Waals surface area contributed by atoms with Gasteiger partial charge in [-0.05, 0) is 44.2 Å². The van der Waals surface area contributed by atoms with E-state index in [-0.39, 0.29) is 0 Å². The molecular weight excluding hydrogens is 174 g/mol. The SMILES string of the molecule is Cc1ccoc1CNC(C)C1CCC1. The summed E-state index contributed by atoms with van der Waals surface area (Å²) in [6.45, 7) is 5.24. The molecule has 0 aliphatic heterocycles. The molecule has 1 aromatic rings. The van der Waals surface area contributed by atoms with Crippen LogP contribution in [0, 0.1) is 12.8 Å². The molecule has 1 unspecified atom stereocenters. The van der Waals surface area contributed by atoms with Crippen LogP contribution in [0.3, 0.4) is 0 Å². The van der Waals surface area contributed by atoms with E-state index in [2.05, 4.69) is 19.2 Å². The minimum atomic E-state index is 0.633. The van der Waals surface area contributed by atoms with Gasteiger partial charge in [-0.25, -0.2) is 0 Å². The molecule has 1 N–H and O–H groups in total. The Hall–Kier alpha value is -0.760. The fraction of sp³-hybridized carbons (Fsp3) is 0.667. The summed E-state index contributed by atoms with van der Waals surface area (Å²) in [6, 6.07) is 2.65. The quantitative estimate of drug-likeness (QED) is 0.795. The monoisotopic (exact) mass is 193 g/mol. The molecule has 2 rings (SSSR count). The Balaban J connectivity index is 1.79.